The molecule has 1 saturated carbocycles. The van der Waals surface area contributed by atoms with Gasteiger partial charge < -0.3 is 4.74 Å². The van der Waals surface area contributed by atoms with E-state index in [0.29, 0.717) is 0 Å². The first kappa shape index (κ1) is 13.5. The van der Waals surface area contributed by atoms with Crippen molar-refractivity contribution in [2.75, 3.05) is 7.11 Å². The molecule has 1 aliphatic carbocycles. The Morgan fingerprint density at radius 3 is 2.33 bits per heavy atom. The SMILES string of the molecule is COC1(OO[C@H](C)c2ccccc2)CCCCC1. The van der Waals surface area contributed by atoms with Gasteiger partial charge in [-0.15, -0.1) is 0 Å². The summed E-state index contributed by atoms with van der Waals surface area (Å²) in [4.78, 5) is 11.2. The molecule has 3 heteroatoms. The van der Waals surface area contributed by atoms with E-state index in [1.165, 1.54) is 6.42 Å². The summed E-state index contributed by atoms with van der Waals surface area (Å²) < 4.78 is 5.52. The highest BCUT2D eigenvalue weighted by atomic mass is 17.2. The average molecular weight is 250 g/mol. The van der Waals surface area contributed by atoms with Crippen LogP contribution in [0, 0.1) is 0 Å². The van der Waals surface area contributed by atoms with Crippen LogP contribution in [-0.2, 0) is 14.5 Å². The van der Waals surface area contributed by atoms with Gasteiger partial charge in [-0.2, -0.15) is 0 Å². The third kappa shape index (κ3) is 3.31. The van der Waals surface area contributed by atoms with E-state index < -0.39 is 5.79 Å². The van der Waals surface area contributed by atoms with Crippen LogP contribution in [0.4, 0.5) is 0 Å². The van der Waals surface area contributed by atoms with Gasteiger partial charge in [0, 0.05) is 20.0 Å². The van der Waals surface area contributed by atoms with Gasteiger partial charge in [-0.05, 0) is 25.3 Å². The van der Waals surface area contributed by atoms with Crippen molar-refractivity contribution in [2.24, 2.45) is 0 Å². The lowest BCUT2D eigenvalue weighted by atomic mass is 9.94. The predicted molar refractivity (Wildman–Crippen MR) is 69.9 cm³/mol. The van der Waals surface area contributed by atoms with E-state index in [9.17, 15) is 0 Å². The molecule has 0 radical (unpaired) electrons. The van der Waals surface area contributed by atoms with E-state index in [-0.39, 0.29) is 6.10 Å². The van der Waals surface area contributed by atoms with Crippen LogP contribution in [0.5, 0.6) is 0 Å². The van der Waals surface area contributed by atoms with Gasteiger partial charge in [-0.3, -0.25) is 0 Å². The number of rotatable bonds is 5. The lowest BCUT2D eigenvalue weighted by Gasteiger charge is -2.34. The minimum absolute atomic E-state index is 0.0832. The molecule has 1 atom stereocenters. The highest BCUT2D eigenvalue weighted by molar-refractivity contribution is 5.16. The Morgan fingerprint density at radius 2 is 1.72 bits per heavy atom. The highest BCUT2D eigenvalue weighted by Crippen LogP contribution is 2.33. The average Bonchev–Trinajstić information content (AvgIpc) is 2.47. The molecular weight excluding hydrogens is 228 g/mol. The quantitative estimate of drug-likeness (QED) is 0.449. The number of ether oxygens (including phenoxy) is 1. The fourth-order valence-corrected chi connectivity index (χ4v) is 2.35. The topological polar surface area (TPSA) is 27.7 Å². The Bertz CT molecular complexity index is 344. The Kier molecular flexibility index (Phi) is 4.75. The molecule has 0 amide bonds. The zero-order valence-electron chi connectivity index (χ0n) is 11.2. The van der Waals surface area contributed by atoms with Crippen LogP contribution >= 0.6 is 0 Å². The third-order valence-corrected chi connectivity index (χ3v) is 3.60. The van der Waals surface area contributed by atoms with Crippen LogP contribution in [0.1, 0.15) is 50.7 Å². The molecular formula is C15H22O3. The summed E-state index contributed by atoms with van der Waals surface area (Å²) >= 11 is 0. The maximum Gasteiger partial charge on any atom is 0.201 e. The van der Waals surface area contributed by atoms with Gasteiger partial charge in [0.25, 0.3) is 0 Å². The molecule has 0 aliphatic heterocycles. The smallest absolute Gasteiger partial charge is 0.201 e. The number of hydrogen-bond acceptors (Lipinski definition) is 3. The van der Waals surface area contributed by atoms with Gasteiger partial charge in [0.2, 0.25) is 5.79 Å². The van der Waals surface area contributed by atoms with Crippen LogP contribution in [0.15, 0.2) is 30.3 Å². The van der Waals surface area contributed by atoms with Gasteiger partial charge in [0.15, 0.2) is 0 Å². The van der Waals surface area contributed by atoms with E-state index in [1.807, 2.05) is 37.3 Å². The lowest BCUT2D eigenvalue weighted by Crippen LogP contribution is -2.37. The molecule has 0 unspecified atom stereocenters. The molecule has 0 saturated heterocycles. The first-order valence-electron chi connectivity index (χ1n) is 6.70. The largest absolute Gasteiger partial charge is 0.351 e. The second-order valence-corrected chi connectivity index (χ2v) is 4.91. The zero-order valence-corrected chi connectivity index (χ0v) is 11.2. The molecule has 18 heavy (non-hydrogen) atoms. The minimum atomic E-state index is -0.540. The van der Waals surface area contributed by atoms with Crippen LogP contribution in [-0.4, -0.2) is 12.9 Å². The molecule has 0 N–H and O–H groups in total. The molecule has 0 heterocycles. The van der Waals surface area contributed by atoms with Crippen LogP contribution in [0.3, 0.4) is 0 Å². The van der Waals surface area contributed by atoms with Crippen LogP contribution < -0.4 is 0 Å². The van der Waals surface area contributed by atoms with Crippen molar-refractivity contribution in [1.29, 1.82) is 0 Å². The van der Waals surface area contributed by atoms with Crippen molar-refractivity contribution in [3.8, 4) is 0 Å². The summed E-state index contributed by atoms with van der Waals surface area (Å²) in [5, 5.41) is 0. The second-order valence-electron chi connectivity index (χ2n) is 4.91. The lowest BCUT2D eigenvalue weighted by molar-refractivity contribution is -0.447. The maximum atomic E-state index is 5.61. The Hall–Kier alpha value is -0.900. The molecule has 1 aromatic rings. The second kappa shape index (κ2) is 6.32. The van der Waals surface area contributed by atoms with E-state index in [4.69, 9.17) is 14.5 Å². The van der Waals surface area contributed by atoms with E-state index in [2.05, 4.69) is 0 Å². The monoisotopic (exact) mass is 250 g/mol. The highest BCUT2D eigenvalue weighted by Gasteiger charge is 2.35. The molecule has 3 nitrogen and oxygen atoms in total. The minimum Gasteiger partial charge on any atom is -0.351 e. The summed E-state index contributed by atoms with van der Waals surface area (Å²) in [6.45, 7) is 1.99. The van der Waals surface area contributed by atoms with Crippen molar-refractivity contribution in [3.05, 3.63) is 35.9 Å². The predicted octanol–water partition coefficient (Wildman–Crippen LogP) is 4.00. The molecule has 1 fully saturated rings. The summed E-state index contributed by atoms with van der Waals surface area (Å²) in [5.74, 6) is -0.540. The van der Waals surface area contributed by atoms with Gasteiger partial charge >= 0.3 is 0 Å². The molecule has 0 spiro atoms. The molecule has 1 aromatic carbocycles. The van der Waals surface area contributed by atoms with Crippen molar-refractivity contribution >= 4 is 0 Å². The van der Waals surface area contributed by atoms with Gasteiger partial charge in [-0.25, -0.2) is 9.78 Å². The fraction of sp³-hybridized carbons (Fsp3) is 0.600. The normalized spacial score (nSPS) is 20.6. The van der Waals surface area contributed by atoms with Gasteiger partial charge in [0.1, 0.15) is 6.10 Å². The molecule has 100 valence electrons. The Balaban J connectivity index is 1.90. The van der Waals surface area contributed by atoms with Gasteiger partial charge in [0.05, 0.1) is 0 Å². The number of methoxy groups -OCH3 is 1. The summed E-state index contributed by atoms with van der Waals surface area (Å²) in [6, 6.07) is 10.1. The summed E-state index contributed by atoms with van der Waals surface area (Å²) in [6.07, 6.45) is 5.26. The van der Waals surface area contributed by atoms with Crippen molar-refractivity contribution in [2.45, 2.75) is 50.9 Å². The van der Waals surface area contributed by atoms with Crippen molar-refractivity contribution in [1.82, 2.24) is 0 Å². The number of benzene rings is 1. The molecule has 1 aliphatic rings. The molecule has 0 bridgehead atoms. The third-order valence-electron chi connectivity index (χ3n) is 3.60. The van der Waals surface area contributed by atoms with E-state index >= 15 is 0 Å². The van der Waals surface area contributed by atoms with Gasteiger partial charge in [-0.1, -0.05) is 36.8 Å². The first-order valence-corrected chi connectivity index (χ1v) is 6.70. The van der Waals surface area contributed by atoms with Crippen LogP contribution in [0.25, 0.3) is 0 Å². The Morgan fingerprint density at radius 1 is 1.06 bits per heavy atom. The van der Waals surface area contributed by atoms with E-state index in [0.717, 1.165) is 31.2 Å². The van der Waals surface area contributed by atoms with Crippen molar-refractivity contribution < 1.29 is 14.5 Å². The van der Waals surface area contributed by atoms with E-state index in [1.54, 1.807) is 7.11 Å². The first-order chi connectivity index (χ1) is 8.76. The van der Waals surface area contributed by atoms with Crippen molar-refractivity contribution in [3.63, 3.8) is 0 Å². The standard InChI is InChI=1S/C15H22O3/c1-13(14-9-5-3-6-10-14)17-18-15(16-2)11-7-4-8-12-15/h3,5-6,9-10,13H,4,7-8,11-12H2,1-2H3/t13-/m1/s1. The fourth-order valence-electron chi connectivity index (χ4n) is 2.35. The summed E-state index contributed by atoms with van der Waals surface area (Å²) in [5.41, 5.74) is 1.11. The molecule has 2 rings (SSSR count). The number of hydrogen-bond donors (Lipinski definition) is 0. The Labute approximate surface area is 109 Å². The van der Waals surface area contributed by atoms with Crippen LogP contribution in [0.2, 0.25) is 0 Å². The molecule has 0 aromatic heterocycles. The summed E-state index contributed by atoms with van der Waals surface area (Å²) in [7, 11) is 1.70. The zero-order chi connectivity index (χ0) is 12.8. The maximum absolute atomic E-state index is 5.61.